The molecule has 0 unspecified atom stereocenters. The Hall–Kier alpha value is -14.6. The molecular formula is C112H80N2O2. The highest BCUT2D eigenvalue weighted by Crippen LogP contribution is 2.54. The summed E-state index contributed by atoms with van der Waals surface area (Å²) in [6.07, 6.45) is 0. The summed E-state index contributed by atoms with van der Waals surface area (Å²) in [5.74, 6) is 0. The molecule has 2 aliphatic carbocycles. The van der Waals surface area contributed by atoms with Gasteiger partial charge in [0.05, 0.1) is 0 Å². The predicted octanol–water partition coefficient (Wildman–Crippen LogP) is 31.5. The first-order valence-corrected chi connectivity index (χ1v) is 40.1. The molecular weight excluding hydrogens is 1410 g/mol. The first-order chi connectivity index (χ1) is 56.9. The Morgan fingerprint density at radius 2 is 0.422 bits per heavy atom. The number of para-hydroxylation sites is 2. The zero-order chi connectivity index (χ0) is 77.6. The number of hydrogen-bond acceptors (Lipinski definition) is 4. The van der Waals surface area contributed by atoms with E-state index in [1.165, 1.54) is 116 Å². The summed E-state index contributed by atoms with van der Waals surface area (Å²) in [4.78, 5) is 4.79. The maximum absolute atomic E-state index is 6.14. The number of nitrogens with zero attached hydrogens (tertiary/aromatic N) is 2. The third-order valence-corrected chi connectivity index (χ3v) is 24.4. The summed E-state index contributed by atoms with van der Waals surface area (Å²) >= 11 is 0. The molecule has 22 rings (SSSR count). The van der Waals surface area contributed by atoms with E-state index in [2.05, 4.69) is 426 Å². The van der Waals surface area contributed by atoms with Crippen LogP contribution >= 0.6 is 0 Å². The molecule has 0 atom stereocenters. The highest BCUT2D eigenvalue weighted by Gasteiger charge is 2.38. The van der Waals surface area contributed by atoms with Crippen LogP contribution in [0.5, 0.6) is 0 Å². The third kappa shape index (κ3) is 12.3. The standard InChI is InChI=1S/C57H41NO.C55H39NO/c1-57(2)53-36-45(39-13-7-4-8-14-39)25-32-49(53)50-33-31-48(37-54(50)57)58(46-27-21-42(22-28-46)41-19-17-40(18-20-41)38-11-5-3-6-12-38)47-29-23-43(24-30-47)44-26-34-56-52(35-44)51-15-9-10-16-55(51)59-56;1-55(2)51-34-43(36-10-4-3-5-11-36)22-29-47(51)48-30-28-46(35-52(48)55)56(44-24-18-38(19-25-44)41-17-16-37-12-6-7-13-40(37)32-41)45-26-20-39(21-27-45)42-23-31-54-50(33-42)49-14-8-9-15-53(49)57-54/h3-37H,1-2H3;3-35H,1-2H3. The molecule has 0 aliphatic heterocycles. The fourth-order valence-corrected chi connectivity index (χ4v) is 18.1. The second-order valence-corrected chi connectivity index (χ2v) is 31.9. The Kier molecular flexibility index (Phi) is 16.9. The summed E-state index contributed by atoms with van der Waals surface area (Å²) in [7, 11) is 0. The van der Waals surface area contributed by atoms with E-state index in [1.54, 1.807) is 0 Å². The Bertz CT molecular complexity index is 7140. The lowest BCUT2D eigenvalue weighted by Crippen LogP contribution is -2.16. The molecule has 0 bridgehead atoms. The van der Waals surface area contributed by atoms with Gasteiger partial charge in [0.15, 0.2) is 0 Å². The molecule has 2 heterocycles. The number of hydrogen-bond donors (Lipinski definition) is 0. The second-order valence-electron chi connectivity index (χ2n) is 31.9. The van der Waals surface area contributed by atoms with Crippen LogP contribution in [-0.2, 0) is 10.8 Å². The third-order valence-electron chi connectivity index (χ3n) is 24.4. The molecule has 18 aromatic carbocycles. The summed E-state index contributed by atoms with van der Waals surface area (Å²) < 4.78 is 12.3. The van der Waals surface area contributed by atoms with Crippen molar-refractivity contribution in [2.24, 2.45) is 0 Å². The van der Waals surface area contributed by atoms with E-state index in [0.29, 0.717) is 0 Å². The monoisotopic (exact) mass is 1480 g/mol. The van der Waals surface area contributed by atoms with Crippen LogP contribution in [0.2, 0.25) is 0 Å². The molecule has 4 nitrogen and oxygen atoms in total. The van der Waals surface area contributed by atoms with E-state index in [0.717, 1.165) is 94.7 Å². The average Bonchev–Trinajstić information content (AvgIpc) is 1.57. The van der Waals surface area contributed by atoms with Crippen molar-refractivity contribution in [2.45, 2.75) is 38.5 Å². The molecule has 2 aromatic heterocycles. The first kappa shape index (κ1) is 69.4. The molecule has 0 fully saturated rings. The van der Waals surface area contributed by atoms with Gasteiger partial charge in [-0.15, -0.1) is 0 Å². The smallest absolute Gasteiger partial charge is 0.135 e. The summed E-state index contributed by atoms with van der Waals surface area (Å²) in [5.41, 5.74) is 37.5. The maximum Gasteiger partial charge on any atom is 0.135 e. The minimum absolute atomic E-state index is 0.170. The molecule has 0 saturated carbocycles. The van der Waals surface area contributed by atoms with Crippen LogP contribution in [-0.4, -0.2) is 0 Å². The van der Waals surface area contributed by atoms with E-state index in [1.807, 2.05) is 24.3 Å². The largest absolute Gasteiger partial charge is 0.456 e. The van der Waals surface area contributed by atoms with Crippen LogP contribution in [0.1, 0.15) is 49.9 Å². The number of benzene rings is 18. The van der Waals surface area contributed by atoms with Crippen LogP contribution < -0.4 is 9.80 Å². The fourth-order valence-electron chi connectivity index (χ4n) is 18.1. The molecule has 2 aliphatic rings. The van der Waals surface area contributed by atoms with Crippen LogP contribution in [0.15, 0.2) is 421 Å². The maximum atomic E-state index is 6.14. The molecule has 0 N–H and O–H groups in total. The van der Waals surface area contributed by atoms with Crippen LogP contribution in [0.4, 0.5) is 34.1 Å². The number of furan rings is 2. The van der Waals surface area contributed by atoms with E-state index in [9.17, 15) is 0 Å². The van der Waals surface area contributed by atoms with Crippen LogP contribution in [0.25, 0.3) is 155 Å². The van der Waals surface area contributed by atoms with Crippen molar-refractivity contribution in [3.63, 3.8) is 0 Å². The van der Waals surface area contributed by atoms with Gasteiger partial charge in [-0.25, -0.2) is 0 Å². The number of fused-ring (bicyclic) bond motifs is 13. The van der Waals surface area contributed by atoms with Gasteiger partial charge < -0.3 is 18.6 Å². The highest BCUT2D eigenvalue weighted by atomic mass is 16.3. The van der Waals surface area contributed by atoms with Gasteiger partial charge >= 0.3 is 0 Å². The van der Waals surface area contributed by atoms with Gasteiger partial charge in [0, 0.05) is 66.5 Å². The minimum Gasteiger partial charge on any atom is -0.456 e. The van der Waals surface area contributed by atoms with Gasteiger partial charge in [0.2, 0.25) is 0 Å². The lowest BCUT2D eigenvalue weighted by Gasteiger charge is -2.28. The summed E-state index contributed by atoms with van der Waals surface area (Å²) in [6, 6.07) is 150. The Morgan fingerprint density at radius 3 is 0.819 bits per heavy atom. The quantitative estimate of drug-likeness (QED) is 0.115. The Labute approximate surface area is 676 Å². The Balaban J connectivity index is 0.000000145. The van der Waals surface area contributed by atoms with E-state index in [-0.39, 0.29) is 10.8 Å². The van der Waals surface area contributed by atoms with Gasteiger partial charge in [-0.3, -0.25) is 0 Å². The van der Waals surface area contributed by atoms with Gasteiger partial charge in [-0.2, -0.15) is 0 Å². The fraction of sp³-hybridized carbons (Fsp3) is 0.0536. The lowest BCUT2D eigenvalue weighted by molar-refractivity contribution is 0.660. The molecule has 0 saturated heterocycles. The van der Waals surface area contributed by atoms with Crippen molar-refractivity contribution < 1.29 is 8.83 Å². The average molecular weight is 1490 g/mol. The van der Waals surface area contributed by atoms with Crippen LogP contribution in [0, 0.1) is 0 Å². The highest BCUT2D eigenvalue weighted by molar-refractivity contribution is 6.08. The van der Waals surface area contributed by atoms with Gasteiger partial charge in [-0.1, -0.05) is 313 Å². The molecule has 0 radical (unpaired) electrons. The van der Waals surface area contributed by atoms with Crippen molar-refractivity contribution in [1.82, 2.24) is 0 Å². The molecule has 0 amide bonds. The van der Waals surface area contributed by atoms with Crippen molar-refractivity contribution >= 4 is 88.8 Å². The number of anilines is 6. The lowest BCUT2D eigenvalue weighted by atomic mass is 9.81. The normalized spacial score (nSPS) is 12.8. The molecule has 550 valence electrons. The van der Waals surface area contributed by atoms with E-state index in [4.69, 9.17) is 8.83 Å². The zero-order valence-corrected chi connectivity index (χ0v) is 65.0. The predicted molar refractivity (Wildman–Crippen MR) is 487 cm³/mol. The Morgan fingerprint density at radius 1 is 0.172 bits per heavy atom. The van der Waals surface area contributed by atoms with Crippen molar-refractivity contribution in [3.8, 4) is 100 Å². The molecule has 0 spiro atoms. The van der Waals surface area contributed by atoms with Crippen LogP contribution in [0.3, 0.4) is 0 Å². The SMILES string of the molecule is CC1(C)c2cc(-c3ccccc3)ccc2-c2ccc(N(c3ccc(-c4ccc(-c5ccccc5)cc4)cc3)c3ccc(-c4ccc5oc6ccccc6c5c4)cc3)cc21.CC1(C)c2cc(-c3ccccc3)ccc2-c2ccc(N(c3ccc(-c4ccc5ccccc5c4)cc3)c3ccc(-c4ccc5oc6ccccc6c5c4)cc3)cc21. The minimum atomic E-state index is -0.174. The van der Waals surface area contributed by atoms with Crippen molar-refractivity contribution in [1.29, 1.82) is 0 Å². The number of rotatable bonds is 13. The van der Waals surface area contributed by atoms with Crippen molar-refractivity contribution in [3.05, 3.63) is 435 Å². The second kappa shape index (κ2) is 28.3. The van der Waals surface area contributed by atoms with Crippen molar-refractivity contribution in [2.75, 3.05) is 9.80 Å². The van der Waals surface area contributed by atoms with Gasteiger partial charge in [-0.05, 0) is 261 Å². The van der Waals surface area contributed by atoms with E-state index < -0.39 is 0 Å². The summed E-state index contributed by atoms with van der Waals surface area (Å²) in [6.45, 7) is 9.47. The topological polar surface area (TPSA) is 32.8 Å². The zero-order valence-electron chi connectivity index (χ0n) is 65.0. The molecule has 4 heteroatoms. The molecule has 20 aromatic rings. The molecule has 116 heavy (non-hydrogen) atoms. The first-order valence-electron chi connectivity index (χ1n) is 40.1. The van der Waals surface area contributed by atoms with Gasteiger partial charge in [0.1, 0.15) is 22.3 Å². The van der Waals surface area contributed by atoms with Gasteiger partial charge in [0.25, 0.3) is 0 Å². The summed E-state index contributed by atoms with van der Waals surface area (Å²) in [5, 5.41) is 7.05. The van der Waals surface area contributed by atoms with E-state index >= 15 is 0 Å².